The molecule has 220 valence electrons. The second-order valence-electron chi connectivity index (χ2n) is 11.5. The Labute approximate surface area is 264 Å². The molecule has 0 amide bonds. The smallest absolute Gasteiger partial charge is 0.0790 e. The second-order valence-corrected chi connectivity index (χ2v) is 11.5. The van der Waals surface area contributed by atoms with Gasteiger partial charge in [-0.25, -0.2) is 0 Å². The molecule has 45 heavy (non-hydrogen) atoms. The minimum Gasteiger partial charge on any atom is -0.388 e. The highest BCUT2D eigenvalue weighted by atomic mass is 16.3. The van der Waals surface area contributed by atoms with Gasteiger partial charge in [0.05, 0.1) is 17.1 Å². The van der Waals surface area contributed by atoms with Gasteiger partial charge in [-0.3, -0.25) is 0 Å². The number of para-hydroxylation sites is 3. The van der Waals surface area contributed by atoms with Gasteiger partial charge in [0.15, 0.2) is 0 Å². The maximum atomic E-state index is 10.3. The Morgan fingerprint density at radius 3 is 1.82 bits per heavy atom. The zero-order valence-electron chi connectivity index (χ0n) is 25.4. The third-order valence-electron chi connectivity index (χ3n) is 8.45. The van der Waals surface area contributed by atoms with E-state index in [-0.39, 0.29) is 0 Å². The molecule has 0 aliphatic rings. The summed E-state index contributed by atoms with van der Waals surface area (Å²) in [7, 11) is 0. The highest BCUT2D eigenvalue weighted by Crippen LogP contribution is 2.39. The molecule has 0 fully saturated rings. The summed E-state index contributed by atoms with van der Waals surface area (Å²) in [6.45, 7) is 2.09. The van der Waals surface area contributed by atoms with Crippen LogP contribution in [0.2, 0.25) is 0 Å². The molecule has 0 radical (unpaired) electrons. The van der Waals surface area contributed by atoms with Gasteiger partial charge in [0.1, 0.15) is 0 Å². The predicted molar refractivity (Wildman–Crippen MR) is 191 cm³/mol. The number of hydrogen-bond acceptors (Lipinski definition) is 2. The molecule has 0 bridgehead atoms. The monoisotopic (exact) mass is 584 g/mol. The number of anilines is 3. The molecule has 3 heteroatoms. The lowest BCUT2D eigenvalue weighted by molar-refractivity contribution is 0.166. The number of hydrogen-bond donors (Lipinski definition) is 1. The van der Waals surface area contributed by atoms with E-state index in [4.69, 9.17) is 0 Å². The van der Waals surface area contributed by atoms with Crippen molar-refractivity contribution in [3.63, 3.8) is 0 Å². The van der Waals surface area contributed by atoms with Gasteiger partial charge >= 0.3 is 0 Å². The molecule has 1 atom stereocenters. The number of fused-ring (bicyclic) bond motifs is 3. The zero-order valence-corrected chi connectivity index (χ0v) is 25.4. The maximum absolute atomic E-state index is 10.3. The number of nitrogens with zero attached hydrogens (tertiary/aromatic N) is 2. The summed E-state index contributed by atoms with van der Waals surface area (Å²) < 4.78 is 2.35. The lowest BCUT2D eigenvalue weighted by atomic mass is 10.0. The summed E-state index contributed by atoms with van der Waals surface area (Å²) >= 11 is 0. The van der Waals surface area contributed by atoms with Gasteiger partial charge in [-0.05, 0) is 83.8 Å². The van der Waals surface area contributed by atoms with Crippen LogP contribution < -0.4 is 4.90 Å². The van der Waals surface area contributed by atoms with Crippen LogP contribution in [-0.2, 0) is 0 Å². The van der Waals surface area contributed by atoms with E-state index < -0.39 is 6.10 Å². The number of aromatic nitrogens is 1. The normalized spacial score (nSPS) is 12.2. The third-order valence-corrected chi connectivity index (χ3v) is 8.45. The van der Waals surface area contributed by atoms with Gasteiger partial charge in [-0.2, -0.15) is 0 Å². The Morgan fingerprint density at radius 2 is 1.13 bits per heavy atom. The SMILES string of the molecule is CCCC(O)c1ccc(/C=C/c2ccc(N(c3ccccc3)c3ccc4c(c3)c3ccccc3n4-c3ccccc3)cc2)cc1. The van der Waals surface area contributed by atoms with Crippen LogP contribution in [0.5, 0.6) is 0 Å². The van der Waals surface area contributed by atoms with Gasteiger partial charge in [0.25, 0.3) is 0 Å². The fourth-order valence-corrected chi connectivity index (χ4v) is 6.18. The third kappa shape index (κ3) is 5.78. The summed E-state index contributed by atoms with van der Waals surface area (Å²) in [6.07, 6.45) is 5.62. The Hall–Kier alpha value is -5.38. The second kappa shape index (κ2) is 12.7. The fraction of sp³-hybridized carbons (Fsp3) is 0.0952. The van der Waals surface area contributed by atoms with Crippen LogP contribution in [0.25, 0.3) is 39.6 Å². The lowest BCUT2D eigenvalue weighted by Crippen LogP contribution is -2.09. The van der Waals surface area contributed by atoms with Crippen molar-refractivity contribution in [1.82, 2.24) is 4.57 Å². The zero-order chi connectivity index (χ0) is 30.6. The first-order valence-corrected chi connectivity index (χ1v) is 15.7. The van der Waals surface area contributed by atoms with Gasteiger partial charge in [-0.1, -0.05) is 116 Å². The molecule has 1 unspecified atom stereocenters. The van der Waals surface area contributed by atoms with E-state index in [1.54, 1.807) is 0 Å². The summed E-state index contributed by atoms with van der Waals surface area (Å²) in [5.41, 5.74) is 10.1. The largest absolute Gasteiger partial charge is 0.388 e. The van der Waals surface area contributed by atoms with E-state index in [2.05, 4.69) is 168 Å². The Bertz CT molecular complexity index is 2060. The van der Waals surface area contributed by atoms with E-state index in [1.165, 1.54) is 21.8 Å². The molecule has 0 aliphatic heterocycles. The first-order chi connectivity index (χ1) is 22.2. The Kier molecular flexibility index (Phi) is 8.01. The summed E-state index contributed by atoms with van der Waals surface area (Å²) in [5.74, 6) is 0. The van der Waals surface area contributed by atoms with Gasteiger partial charge < -0.3 is 14.6 Å². The minimum absolute atomic E-state index is 0.392. The maximum Gasteiger partial charge on any atom is 0.0790 e. The van der Waals surface area contributed by atoms with Crippen molar-refractivity contribution in [1.29, 1.82) is 0 Å². The average molecular weight is 585 g/mol. The molecule has 7 aromatic rings. The van der Waals surface area contributed by atoms with Crippen molar-refractivity contribution in [2.45, 2.75) is 25.9 Å². The molecular weight excluding hydrogens is 548 g/mol. The van der Waals surface area contributed by atoms with E-state index in [0.29, 0.717) is 0 Å². The van der Waals surface area contributed by atoms with Crippen molar-refractivity contribution < 1.29 is 5.11 Å². The van der Waals surface area contributed by atoms with Crippen molar-refractivity contribution in [2.75, 3.05) is 4.90 Å². The quantitative estimate of drug-likeness (QED) is 0.171. The molecule has 0 spiro atoms. The van der Waals surface area contributed by atoms with Crippen LogP contribution in [0.1, 0.15) is 42.6 Å². The Balaban J connectivity index is 1.24. The molecule has 0 saturated carbocycles. The Morgan fingerprint density at radius 1 is 0.578 bits per heavy atom. The molecule has 6 aromatic carbocycles. The van der Waals surface area contributed by atoms with E-state index in [9.17, 15) is 5.11 Å². The van der Waals surface area contributed by atoms with Crippen molar-refractivity contribution in [3.8, 4) is 5.69 Å². The van der Waals surface area contributed by atoms with Crippen LogP contribution >= 0.6 is 0 Å². The van der Waals surface area contributed by atoms with Crippen LogP contribution in [0.3, 0.4) is 0 Å². The molecule has 0 saturated heterocycles. The first-order valence-electron chi connectivity index (χ1n) is 15.7. The summed E-state index contributed by atoms with van der Waals surface area (Å²) in [4.78, 5) is 2.32. The molecule has 0 aliphatic carbocycles. The van der Waals surface area contributed by atoms with Crippen molar-refractivity contribution in [2.24, 2.45) is 0 Å². The standard InChI is InChI=1S/C42H36N2O/c1-2-11-42(45)33-24-20-31(21-25-33)18-19-32-22-26-36(27-23-32)43(34-12-5-3-6-13-34)37-28-29-41-39(30-37)38-16-9-10-17-40(38)44(41)35-14-7-4-8-15-35/h3-10,12-30,42,45H,2,11H2,1H3/b19-18+. The number of aliphatic hydroxyl groups excluding tert-OH is 1. The van der Waals surface area contributed by atoms with Crippen molar-refractivity contribution in [3.05, 3.63) is 168 Å². The molecule has 7 rings (SSSR count). The molecule has 1 heterocycles. The molecule has 3 nitrogen and oxygen atoms in total. The van der Waals surface area contributed by atoms with Crippen LogP contribution in [0, 0.1) is 0 Å². The van der Waals surface area contributed by atoms with Crippen LogP contribution in [0.4, 0.5) is 17.1 Å². The van der Waals surface area contributed by atoms with Gasteiger partial charge in [0.2, 0.25) is 0 Å². The van der Waals surface area contributed by atoms with Crippen molar-refractivity contribution >= 4 is 51.0 Å². The first kappa shape index (κ1) is 28.4. The van der Waals surface area contributed by atoms with E-state index >= 15 is 0 Å². The highest BCUT2D eigenvalue weighted by Gasteiger charge is 2.17. The summed E-state index contributed by atoms with van der Waals surface area (Å²) in [5, 5.41) is 12.7. The topological polar surface area (TPSA) is 28.4 Å². The highest BCUT2D eigenvalue weighted by molar-refractivity contribution is 6.10. The van der Waals surface area contributed by atoms with Gasteiger partial charge in [0, 0.05) is 33.5 Å². The number of aliphatic hydroxyl groups is 1. The predicted octanol–water partition coefficient (Wildman–Crippen LogP) is 11.3. The minimum atomic E-state index is -0.392. The van der Waals surface area contributed by atoms with E-state index in [1.807, 2.05) is 12.1 Å². The average Bonchev–Trinajstić information content (AvgIpc) is 3.43. The van der Waals surface area contributed by atoms with Crippen LogP contribution in [0.15, 0.2) is 152 Å². The molecule has 1 aromatic heterocycles. The van der Waals surface area contributed by atoms with E-state index in [0.717, 1.165) is 52.3 Å². The fourth-order valence-electron chi connectivity index (χ4n) is 6.18. The van der Waals surface area contributed by atoms with Crippen LogP contribution in [-0.4, -0.2) is 9.67 Å². The van der Waals surface area contributed by atoms with Gasteiger partial charge in [-0.15, -0.1) is 0 Å². The molecular formula is C42H36N2O. The number of benzene rings is 6. The lowest BCUT2D eigenvalue weighted by Gasteiger charge is -2.25. The summed E-state index contributed by atoms with van der Waals surface area (Å²) in [6, 6.07) is 53.5. The number of rotatable bonds is 9. The molecule has 1 N–H and O–H groups in total.